The highest BCUT2D eigenvalue weighted by atomic mass is 16.1. The van der Waals surface area contributed by atoms with Crippen LogP contribution < -0.4 is 16.0 Å². The summed E-state index contributed by atoms with van der Waals surface area (Å²) >= 11 is 0. The van der Waals surface area contributed by atoms with Crippen LogP contribution in [-0.4, -0.2) is 35.0 Å². The lowest BCUT2D eigenvalue weighted by Crippen LogP contribution is -2.35. The smallest absolute Gasteiger partial charge is 0.239 e. The fourth-order valence-corrected chi connectivity index (χ4v) is 2.11. The number of rotatable bonds is 7. The minimum Gasteiger partial charge on any atom is -0.370 e. The van der Waals surface area contributed by atoms with Crippen molar-refractivity contribution in [1.29, 1.82) is 0 Å². The third-order valence-electron chi connectivity index (χ3n) is 3.32. The second kappa shape index (κ2) is 6.74. The van der Waals surface area contributed by atoms with Crippen molar-refractivity contribution in [2.24, 2.45) is 0 Å². The monoisotopic (exact) mass is 291 g/mol. The van der Waals surface area contributed by atoms with E-state index >= 15 is 0 Å². The van der Waals surface area contributed by atoms with E-state index in [4.69, 9.17) is 0 Å². The molecule has 1 saturated carbocycles. The fourth-order valence-electron chi connectivity index (χ4n) is 2.11. The predicted octanol–water partition coefficient (Wildman–Crippen LogP) is 2.03. The van der Waals surface area contributed by atoms with Gasteiger partial charge in [-0.15, -0.1) is 0 Å². The molecule has 1 aromatic heterocycles. The van der Waals surface area contributed by atoms with Crippen molar-refractivity contribution in [3.05, 3.63) is 11.4 Å². The summed E-state index contributed by atoms with van der Waals surface area (Å²) in [5.41, 5.74) is 0.957. The van der Waals surface area contributed by atoms with E-state index in [0.717, 1.165) is 42.4 Å². The molecule has 3 N–H and O–H groups in total. The van der Waals surface area contributed by atoms with Crippen molar-refractivity contribution in [3.63, 3.8) is 0 Å². The molecule has 0 aromatic carbocycles. The van der Waals surface area contributed by atoms with Gasteiger partial charge >= 0.3 is 0 Å². The van der Waals surface area contributed by atoms with Gasteiger partial charge in [0, 0.05) is 24.1 Å². The third-order valence-corrected chi connectivity index (χ3v) is 3.32. The van der Waals surface area contributed by atoms with Crippen molar-refractivity contribution in [1.82, 2.24) is 15.3 Å². The maximum absolute atomic E-state index is 11.7. The Balaban J connectivity index is 2.11. The average molecular weight is 291 g/mol. The molecule has 116 valence electrons. The van der Waals surface area contributed by atoms with Crippen molar-refractivity contribution in [2.75, 3.05) is 23.7 Å². The van der Waals surface area contributed by atoms with E-state index in [2.05, 4.69) is 25.9 Å². The van der Waals surface area contributed by atoms with E-state index in [9.17, 15) is 4.79 Å². The first-order chi connectivity index (χ1) is 10.0. The summed E-state index contributed by atoms with van der Waals surface area (Å²) in [5, 5.41) is 9.27. The molecule has 0 saturated heterocycles. The van der Waals surface area contributed by atoms with Gasteiger partial charge in [-0.1, -0.05) is 0 Å². The quantitative estimate of drug-likeness (QED) is 0.716. The molecule has 1 aliphatic rings. The molecular formula is C15H25N5O. The normalized spacial score (nSPS) is 14.1. The molecule has 6 heteroatoms. The van der Waals surface area contributed by atoms with Crippen molar-refractivity contribution >= 4 is 17.5 Å². The zero-order valence-electron chi connectivity index (χ0n) is 13.3. The Kier molecular flexibility index (Phi) is 4.98. The number of aromatic nitrogens is 2. The summed E-state index contributed by atoms with van der Waals surface area (Å²) in [6, 6.07) is 0.144. The lowest BCUT2D eigenvalue weighted by Gasteiger charge is -2.15. The molecule has 0 atom stereocenters. The minimum absolute atomic E-state index is 0.0269. The molecule has 1 amide bonds. The van der Waals surface area contributed by atoms with Gasteiger partial charge in [0.25, 0.3) is 0 Å². The van der Waals surface area contributed by atoms with Crippen LogP contribution in [0.1, 0.15) is 50.9 Å². The van der Waals surface area contributed by atoms with Gasteiger partial charge in [0.1, 0.15) is 17.5 Å². The third kappa shape index (κ3) is 4.31. The Morgan fingerprint density at radius 3 is 2.38 bits per heavy atom. The Morgan fingerprint density at radius 1 is 1.24 bits per heavy atom. The number of hydrogen-bond donors (Lipinski definition) is 3. The van der Waals surface area contributed by atoms with Gasteiger partial charge < -0.3 is 16.0 Å². The molecule has 21 heavy (non-hydrogen) atoms. The van der Waals surface area contributed by atoms with E-state index in [1.165, 1.54) is 0 Å². The molecule has 1 aliphatic carbocycles. The van der Waals surface area contributed by atoms with Crippen LogP contribution in [0.4, 0.5) is 11.6 Å². The first-order valence-electron chi connectivity index (χ1n) is 7.66. The van der Waals surface area contributed by atoms with Gasteiger partial charge in [-0.2, -0.15) is 0 Å². The van der Waals surface area contributed by atoms with Crippen LogP contribution >= 0.6 is 0 Å². The Labute approximate surface area is 126 Å². The van der Waals surface area contributed by atoms with Crippen LogP contribution in [0.3, 0.4) is 0 Å². The van der Waals surface area contributed by atoms with Crippen molar-refractivity contribution in [2.45, 2.75) is 52.5 Å². The van der Waals surface area contributed by atoms with E-state index < -0.39 is 0 Å². The molecule has 0 aliphatic heterocycles. The van der Waals surface area contributed by atoms with Crippen LogP contribution in [0, 0.1) is 6.92 Å². The minimum atomic E-state index is -0.0269. The first kappa shape index (κ1) is 15.5. The number of hydrogen-bond acceptors (Lipinski definition) is 5. The van der Waals surface area contributed by atoms with Crippen LogP contribution in [0.25, 0.3) is 0 Å². The fraction of sp³-hybridized carbons (Fsp3) is 0.667. The summed E-state index contributed by atoms with van der Waals surface area (Å²) in [4.78, 5) is 20.9. The van der Waals surface area contributed by atoms with Crippen molar-refractivity contribution in [3.8, 4) is 0 Å². The average Bonchev–Trinajstić information content (AvgIpc) is 3.23. The first-order valence-corrected chi connectivity index (χ1v) is 7.66. The molecule has 1 heterocycles. The highest BCUT2D eigenvalue weighted by Crippen LogP contribution is 2.39. The highest BCUT2D eigenvalue weighted by Gasteiger charge is 2.28. The Hall–Kier alpha value is -1.85. The maximum atomic E-state index is 11.7. The molecule has 0 unspecified atom stereocenters. The van der Waals surface area contributed by atoms with Gasteiger partial charge in [0.15, 0.2) is 0 Å². The molecule has 0 radical (unpaired) electrons. The summed E-state index contributed by atoms with van der Waals surface area (Å²) < 4.78 is 0. The molecule has 6 nitrogen and oxygen atoms in total. The predicted molar refractivity (Wildman–Crippen MR) is 84.7 cm³/mol. The molecule has 2 rings (SSSR count). The van der Waals surface area contributed by atoms with Crippen LogP contribution in [0.2, 0.25) is 0 Å². The molecule has 1 aromatic rings. The summed E-state index contributed by atoms with van der Waals surface area (Å²) in [7, 11) is 0. The summed E-state index contributed by atoms with van der Waals surface area (Å²) in [6.45, 7) is 8.95. The van der Waals surface area contributed by atoms with Crippen LogP contribution in [0.15, 0.2) is 0 Å². The van der Waals surface area contributed by atoms with Gasteiger partial charge in [-0.05, 0) is 40.5 Å². The van der Waals surface area contributed by atoms with E-state index in [1.54, 1.807) is 0 Å². The van der Waals surface area contributed by atoms with E-state index in [0.29, 0.717) is 5.92 Å². The number of anilines is 2. The topological polar surface area (TPSA) is 78.9 Å². The molecular weight excluding hydrogens is 266 g/mol. The van der Waals surface area contributed by atoms with Crippen molar-refractivity contribution < 1.29 is 4.79 Å². The standard InChI is InChI=1S/C15H25N5O/c1-5-16-13-10(4)14(17-8-12(21)18-9(2)3)20-15(19-13)11-6-7-11/h9,11H,5-8H2,1-4H3,(H,18,21)(H2,16,17,19,20). The number of carbonyl (C=O) groups is 1. The number of nitrogens with one attached hydrogen (secondary N) is 3. The van der Waals surface area contributed by atoms with Gasteiger partial charge in [0.05, 0.1) is 6.54 Å². The van der Waals surface area contributed by atoms with Gasteiger partial charge in [-0.3, -0.25) is 4.79 Å². The number of carbonyl (C=O) groups excluding carboxylic acids is 1. The Bertz CT molecular complexity index is 511. The van der Waals surface area contributed by atoms with Crippen LogP contribution in [-0.2, 0) is 4.79 Å². The summed E-state index contributed by atoms with van der Waals surface area (Å²) in [5.74, 6) is 2.94. The second-order valence-electron chi connectivity index (χ2n) is 5.78. The van der Waals surface area contributed by atoms with Gasteiger partial charge in [-0.25, -0.2) is 9.97 Å². The zero-order chi connectivity index (χ0) is 15.4. The maximum Gasteiger partial charge on any atom is 0.239 e. The SMILES string of the molecule is CCNc1nc(C2CC2)nc(NCC(=O)NC(C)C)c1C. The molecule has 1 fully saturated rings. The van der Waals surface area contributed by atoms with Gasteiger partial charge in [0.2, 0.25) is 5.91 Å². The van der Waals surface area contributed by atoms with Crippen LogP contribution in [0.5, 0.6) is 0 Å². The summed E-state index contributed by atoms with van der Waals surface area (Å²) in [6.07, 6.45) is 2.31. The largest absolute Gasteiger partial charge is 0.370 e. The lowest BCUT2D eigenvalue weighted by molar-refractivity contribution is -0.119. The molecule has 0 bridgehead atoms. The molecule has 0 spiro atoms. The highest BCUT2D eigenvalue weighted by molar-refractivity contribution is 5.81. The lowest BCUT2D eigenvalue weighted by atomic mass is 10.2. The second-order valence-corrected chi connectivity index (χ2v) is 5.78. The van der Waals surface area contributed by atoms with E-state index in [-0.39, 0.29) is 18.5 Å². The Morgan fingerprint density at radius 2 is 1.86 bits per heavy atom. The number of amides is 1. The van der Waals surface area contributed by atoms with E-state index in [1.807, 2.05) is 27.7 Å². The number of nitrogens with zero attached hydrogens (tertiary/aromatic N) is 2. The zero-order valence-corrected chi connectivity index (χ0v) is 13.3.